The van der Waals surface area contributed by atoms with Crippen molar-refractivity contribution in [2.24, 2.45) is 0 Å². The third kappa shape index (κ3) is 4.91. The SMILES string of the molecule is Cc1ccc(NC(=O)c2ccc(Cl)c(S(=O)(=O)NC[C@@H]3CCCO3)c2)c(C)c1. The van der Waals surface area contributed by atoms with Crippen LogP contribution < -0.4 is 10.0 Å². The number of carbonyl (C=O) groups excluding carboxylic acids is 1. The molecule has 1 saturated heterocycles. The predicted molar refractivity (Wildman–Crippen MR) is 109 cm³/mol. The molecule has 1 aliphatic heterocycles. The molecule has 1 fully saturated rings. The maximum Gasteiger partial charge on any atom is 0.255 e. The Hall–Kier alpha value is -1.93. The highest BCUT2D eigenvalue weighted by atomic mass is 35.5. The average molecular weight is 423 g/mol. The van der Waals surface area contributed by atoms with E-state index in [4.69, 9.17) is 16.3 Å². The van der Waals surface area contributed by atoms with Gasteiger partial charge in [-0.05, 0) is 56.5 Å². The summed E-state index contributed by atoms with van der Waals surface area (Å²) in [6, 6.07) is 9.88. The van der Waals surface area contributed by atoms with Gasteiger partial charge in [0.1, 0.15) is 4.90 Å². The normalized spacial score (nSPS) is 16.9. The van der Waals surface area contributed by atoms with Gasteiger partial charge in [-0.1, -0.05) is 29.3 Å². The fourth-order valence-corrected chi connectivity index (χ4v) is 4.67. The van der Waals surface area contributed by atoms with Crippen molar-refractivity contribution in [1.82, 2.24) is 4.72 Å². The first kappa shape index (κ1) is 20.8. The summed E-state index contributed by atoms with van der Waals surface area (Å²) in [4.78, 5) is 12.5. The third-order valence-corrected chi connectivity index (χ3v) is 6.54. The second-order valence-corrected chi connectivity index (χ2v) is 9.05. The lowest BCUT2D eigenvalue weighted by molar-refractivity contribution is 0.102. The highest BCUT2D eigenvalue weighted by Crippen LogP contribution is 2.24. The summed E-state index contributed by atoms with van der Waals surface area (Å²) >= 11 is 6.10. The third-order valence-electron chi connectivity index (χ3n) is 4.64. The monoisotopic (exact) mass is 422 g/mol. The van der Waals surface area contributed by atoms with E-state index >= 15 is 0 Å². The number of ether oxygens (including phenoxy) is 1. The van der Waals surface area contributed by atoms with Crippen LogP contribution in [0.4, 0.5) is 5.69 Å². The van der Waals surface area contributed by atoms with Crippen LogP contribution in [0.3, 0.4) is 0 Å². The van der Waals surface area contributed by atoms with Crippen LogP contribution in [0.2, 0.25) is 5.02 Å². The molecule has 0 aliphatic carbocycles. The van der Waals surface area contributed by atoms with Crippen LogP contribution in [0.25, 0.3) is 0 Å². The van der Waals surface area contributed by atoms with Gasteiger partial charge in [0, 0.05) is 24.4 Å². The lowest BCUT2D eigenvalue weighted by Crippen LogP contribution is -2.32. The first-order valence-corrected chi connectivity index (χ1v) is 10.9. The number of hydrogen-bond acceptors (Lipinski definition) is 4. The van der Waals surface area contributed by atoms with E-state index in [0.29, 0.717) is 12.3 Å². The van der Waals surface area contributed by atoms with Gasteiger partial charge < -0.3 is 10.1 Å². The van der Waals surface area contributed by atoms with Crippen molar-refractivity contribution >= 4 is 33.2 Å². The van der Waals surface area contributed by atoms with E-state index in [-0.39, 0.29) is 28.1 Å². The molecule has 0 spiro atoms. The number of anilines is 1. The van der Waals surface area contributed by atoms with Crippen molar-refractivity contribution in [3.63, 3.8) is 0 Å². The first-order chi connectivity index (χ1) is 13.3. The van der Waals surface area contributed by atoms with Gasteiger partial charge in [0.25, 0.3) is 5.91 Å². The van der Waals surface area contributed by atoms with Crippen molar-refractivity contribution in [1.29, 1.82) is 0 Å². The highest BCUT2D eigenvalue weighted by molar-refractivity contribution is 7.89. The predicted octanol–water partition coefficient (Wildman–Crippen LogP) is 3.67. The molecule has 2 aromatic carbocycles. The van der Waals surface area contributed by atoms with Gasteiger partial charge in [-0.25, -0.2) is 13.1 Å². The van der Waals surface area contributed by atoms with E-state index in [2.05, 4.69) is 10.0 Å². The number of sulfonamides is 1. The van der Waals surface area contributed by atoms with E-state index in [1.165, 1.54) is 18.2 Å². The molecule has 0 saturated carbocycles. The minimum atomic E-state index is -3.86. The van der Waals surface area contributed by atoms with Crippen LogP contribution in [0.15, 0.2) is 41.3 Å². The zero-order valence-electron chi connectivity index (χ0n) is 15.8. The number of hydrogen-bond donors (Lipinski definition) is 2. The molecule has 2 aromatic rings. The summed E-state index contributed by atoms with van der Waals surface area (Å²) in [5.74, 6) is -0.404. The average Bonchev–Trinajstić information content (AvgIpc) is 3.16. The first-order valence-electron chi connectivity index (χ1n) is 9.06. The quantitative estimate of drug-likeness (QED) is 0.743. The molecule has 28 heavy (non-hydrogen) atoms. The van der Waals surface area contributed by atoms with Gasteiger partial charge in [0.05, 0.1) is 11.1 Å². The molecule has 150 valence electrons. The van der Waals surface area contributed by atoms with Crippen LogP contribution in [0.1, 0.15) is 34.3 Å². The Morgan fingerprint density at radius 2 is 2.00 bits per heavy atom. The Kier molecular flexibility index (Phi) is 6.40. The fourth-order valence-electron chi connectivity index (χ4n) is 3.08. The Balaban J connectivity index is 1.78. The Bertz CT molecular complexity index is 986. The lowest BCUT2D eigenvalue weighted by atomic mass is 10.1. The number of aryl methyl sites for hydroxylation is 2. The van der Waals surface area contributed by atoms with Crippen molar-refractivity contribution < 1.29 is 17.9 Å². The maximum absolute atomic E-state index is 12.7. The molecule has 0 bridgehead atoms. The highest BCUT2D eigenvalue weighted by Gasteiger charge is 2.23. The Morgan fingerprint density at radius 3 is 2.68 bits per heavy atom. The molecular weight excluding hydrogens is 400 g/mol. The second-order valence-electron chi connectivity index (χ2n) is 6.90. The van der Waals surface area contributed by atoms with Gasteiger partial charge in [0.2, 0.25) is 10.0 Å². The number of rotatable bonds is 6. The fraction of sp³-hybridized carbons (Fsp3) is 0.350. The van der Waals surface area contributed by atoms with Crippen LogP contribution in [-0.2, 0) is 14.8 Å². The molecule has 1 heterocycles. The number of amides is 1. The zero-order valence-corrected chi connectivity index (χ0v) is 17.4. The van der Waals surface area contributed by atoms with Gasteiger partial charge in [0.15, 0.2) is 0 Å². The molecule has 1 amide bonds. The van der Waals surface area contributed by atoms with Crippen molar-refractivity contribution in [3.8, 4) is 0 Å². The summed E-state index contributed by atoms with van der Waals surface area (Å²) in [6.45, 7) is 4.69. The smallest absolute Gasteiger partial charge is 0.255 e. The maximum atomic E-state index is 12.7. The second kappa shape index (κ2) is 8.61. The van der Waals surface area contributed by atoms with Crippen LogP contribution in [0.5, 0.6) is 0 Å². The van der Waals surface area contributed by atoms with E-state index in [1.807, 2.05) is 32.0 Å². The topological polar surface area (TPSA) is 84.5 Å². The van der Waals surface area contributed by atoms with Crippen molar-refractivity contribution in [2.75, 3.05) is 18.5 Å². The molecule has 1 aliphatic rings. The van der Waals surface area contributed by atoms with Gasteiger partial charge in [-0.15, -0.1) is 0 Å². The van der Waals surface area contributed by atoms with E-state index in [0.717, 1.165) is 24.0 Å². The van der Waals surface area contributed by atoms with Gasteiger partial charge in [-0.2, -0.15) is 0 Å². The van der Waals surface area contributed by atoms with Crippen LogP contribution in [0, 0.1) is 13.8 Å². The van der Waals surface area contributed by atoms with Crippen LogP contribution >= 0.6 is 11.6 Å². The zero-order chi connectivity index (χ0) is 20.3. The van der Waals surface area contributed by atoms with E-state index in [1.54, 1.807) is 0 Å². The molecule has 0 aromatic heterocycles. The summed E-state index contributed by atoms with van der Waals surface area (Å²) in [5.41, 5.74) is 2.90. The standard InChI is InChI=1S/C20H23ClN2O4S/c1-13-5-8-18(14(2)10-13)23-20(24)15-6-7-17(21)19(11-15)28(25,26)22-12-16-4-3-9-27-16/h5-8,10-11,16,22H,3-4,9,12H2,1-2H3,(H,23,24)/t16-/m0/s1. The molecule has 1 atom stereocenters. The molecule has 0 radical (unpaired) electrons. The van der Waals surface area contributed by atoms with Crippen molar-refractivity contribution in [2.45, 2.75) is 37.7 Å². The lowest BCUT2D eigenvalue weighted by Gasteiger charge is -2.14. The number of halogens is 1. The summed E-state index contributed by atoms with van der Waals surface area (Å²) in [7, 11) is -3.86. The number of nitrogens with one attached hydrogen (secondary N) is 2. The van der Waals surface area contributed by atoms with Gasteiger partial charge >= 0.3 is 0 Å². The van der Waals surface area contributed by atoms with E-state index in [9.17, 15) is 13.2 Å². The Labute approximate surface area is 170 Å². The number of carbonyl (C=O) groups is 1. The summed E-state index contributed by atoms with van der Waals surface area (Å²) < 4.78 is 33.3. The van der Waals surface area contributed by atoms with Crippen LogP contribution in [-0.4, -0.2) is 33.6 Å². The summed E-state index contributed by atoms with van der Waals surface area (Å²) in [5, 5.41) is 2.87. The van der Waals surface area contributed by atoms with E-state index < -0.39 is 15.9 Å². The molecule has 8 heteroatoms. The molecule has 0 unspecified atom stereocenters. The van der Waals surface area contributed by atoms with Crippen molar-refractivity contribution in [3.05, 3.63) is 58.1 Å². The molecule has 2 N–H and O–H groups in total. The minimum absolute atomic E-state index is 0.0582. The Morgan fingerprint density at radius 1 is 1.21 bits per heavy atom. The molecule has 6 nitrogen and oxygen atoms in total. The van der Waals surface area contributed by atoms with Gasteiger partial charge in [-0.3, -0.25) is 4.79 Å². The molecular formula is C20H23ClN2O4S. The minimum Gasteiger partial charge on any atom is -0.377 e. The summed E-state index contributed by atoms with van der Waals surface area (Å²) in [6.07, 6.45) is 1.60. The number of benzene rings is 2. The largest absolute Gasteiger partial charge is 0.377 e. The molecule has 3 rings (SSSR count).